The minimum atomic E-state index is -3.44. The zero-order valence-corrected chi connectivity index (χ0v) is 20.0. The fraction of sp³-hybridized carbons (Fsp3) is 0.500. The van der Waals surface area contributed by atoms with Crippen molar-refractivity contribution in [2.24, 2.45) is 11.8 Å². The number of anilines is 1. The summed E-state index contributed by atoms with van der Waals surface area (Å²) in [6.07, 6.45) is 12.0. The first-order chi connectivity index (χ1) is 16.4. The first-order valence-corrected chi connectivity index (χ1v) is 13.9. The molecule has 0 aliphatic heterocycles. The molecule has 5 rings (SSSR count). The summed E-state index contributed by atoms with van der Waals surface area (Å²) in [4.78, 5) is 25.5. The number of rotatable bonds is 10. The van der Waals surface area contributed by atoms with E-state index in [1.807, 2.05) is 12.1 Å². The molecule has 3 aliphatic rings. The van der Waals surface area contributed by atoms with Gasteiger partial charge in [0.1, 0.15) is 11.6 Å². The van der Waals surface area contributed by atoms with Gasteiger partial charge in [-0.1, -0.05) is 24.3 Å². The van der Waals surface area contributed by atoms with Crippen molar-refractivity contribution in [3.05, 3.63) is 53.7 Å². The maximum Gasteiger partial charge on any atom is 0.233 e. The number of carbonyl (C=O) groups excluding carboxylic acids is 2. The standard InChI is InChI=1S/C26H31N3O4S/c30-21-9-5-18(14-21)15-23(26(31)28-25-11-12-27-29-25)20-8-10-24(22(16-20)19-6-7-19)34(32,33)13-1-2-17-3-4-17/h1-2,8,10-12,16-19,23H,3-7,9,13-15H2,(H2,27,28,29,31)/t18-,23?/m0/s1. The molecule has 2 N–H and O–H groups in total. The summed E-state index contributed by atoms with van der Waals surface area (Å²) in [6, 6.07) is 7.11. The number of amides is 1. The number of hydrogen-bond donors (Lipinski definition) is 2. The molecule has 8 heteroatoms. The SMILES string of the molecule is O=C1CC[C@H](CC(C(=O)Nc2ccn[nH]2)c2ccc(S(=O)(=O)CC=CC3CC3)c(C3CC3)c2)C1. The van der Waals surface area contributed by atoms with Crippen LogP contribution in [0, 0.1) is 11.8 Å². The lowest BCUT2D eigenvalue weighted by atomic mass is 9.86. The summed E-state index contributed by atoms with van der Waals surface area (Å²) in [6.45, 7) is 0. The average Bonchev–Trinajstić information content (AvgIpc) is 3.73. The number of benzene rings is 1. The average molecular weight is 482 g/mol. The van der Waals surface area contributed by atoms with Gasteiger partial charge in [-0.05, 0) is 73.5 Å². The number of sulfone groups is 1. The van der Waals surface area contributed by atoms with E-state index in [9.17, 15) is 18.0 Å². The highest BCUT2D eigenvalue weighted by molar-refractivity contribution is 7.91. The topological polar surface area (TPSA) is 109 Å². The van der Waals surface area contributed by atoms with E-state index in [4.69, 9.17) is 0 Å². The maximum atomic E-state index is 13.3. The summed E-state index contributed by atoms with van der Waals surface area (Å²) in [5, 5.41) is 9.53. The lowest BCUT2D eigenvalue weighted by Crippen LogP contribution is -2.24. The van der Waals surface area contributed by atoms with Crippen molar-refractivity contribution in [1.29, 1.82) is 0 Å². The molecule has 3 saturated carbocycles. The molecule has 1 aromatic carbocycles. The predicted molar refractivity (Wildman–Crippen MR) is 129 cm³/mol. The van der Waals surface area contributed by atoms with Crippen LogP contribution in [0.25, 0.3) is 0 Å². The van der Waals surface area contributed by atoms with Gasteiger partial charge in [-0.25, -0.2) is 8.42 Å². The molecule has 1 aromatic heterocycles. The lowest BCUT2D eigenvalue weighted by molar-refractivity contribution is -0.119. The number of allylic oxidation sites excluding steroid dienone is 1. The molecule has 2 atom stereocenters. The summed E-state index contributed by atoms with van der Waals surface area (Å²) in [5.74, 6) is 1.05. The van der Waals surface area contributed by atoms with Gasteiger partial charge in [-0.3, -0.25) is 14.7 Å². The van der Waals surface area contributed by atoms with Gasteiger partial charge in [0, 0.05) is 18.9 Å². The number of ketones is 1. The van der Waals surface area contributed by atoms with Crippen LogP contribution in [0.3, 0.4) is 0 Å². The number of nitrogens with one attached hydrogen (secondary N) is 2. The molecule has 0 saturated heterocycles. The molecular formula is C26H31N3O4S. The number of carbonyl (C=O) groups is 2. The van der Waals surface area contributed by atoms with Gasteiger partial charge in [0.15, 0.2) is 9.84 Å². The van der Waals surface area contributed by atoms with Crippen LogP contribution in [0.1, 0.15) is 74.3 Å². The van der Waals surface area contributed by atoms with Crippen LogP contribution < -0.4 is 5.32 Å². The first-order valence-electron chi connectivity index (χ1n) is 12.2. The van der Waals surface area contributed by atoms with Crippen LogP contribution in [0.15, 0.2) is 47.5 Å². The van der Waals surface area contributed by atoms with Crippen LogP contribution in [0.5, 0.6) is 0 Å². The van der Waals surface area contributed by atoms with Crippen LogP contribution >= 0.6 is 0 Å². The molecule has 1 amide bonds. The van der Waals surface area contributed by atoms with Gasteiger partial charge in [-0.2, -0.15) is 5.10 Å². The Labute approximate surface area is 200 Å². The van der Waals surface area contributed by atoms with E-state index >= 15 is 0 Å². The fourth-order valence-corrected chi connectivity index (χ4v) is 6.30. The Kier molecular flexibility index (Phi) is 6.42. The van der Waals surface area contributed by atoms with Gasteiger partial charge in [0.05, 0.1) is 22.8 Å². The number of Topliss-reactive ketones (excluding diaryl/α,β-unsaturated/α-hetero) is 1. The Morgan fingerprint density at radius 2 is 2.00 bits per heavy atom. The van der Waals surface area contributed by atoms with Crippen molar-refractivity contribution in [3.63, 3.8) is 0 Å². The second-order valence-corrected chi connectivity index (χ2v) is 12.0. The molecule has 2 aromatic rings. The van der Waals surface area contributed by atoms with Crippen LogP contribution in [-0.2, 0) is 19.4 Å². The molecule has 34 heavy (non-hydrogen) atoms. The number of aromatic nitrogens is 2. The molecule has 1 unspecified atom stereocenters. The lowest BCUT2D eigenvalue weighted by Gasteiger charge is -2.21. The normalized spacial score (nSPS) is 21.8. The van der Waals surface area contributed by atoms with E-state index in [0.717, 1.165) is 43.2 Å². The van der Waals surface area contributed by atoms with Crippen molar-refractivity contribution in [1.82, 2.24) is 10.2 Å². The molecule has 7 nitrogen and oxygen atoms in total. The van der Waals surface area contributed by atoms with Gasteiger partial charge < -0.3 is 5.32 Å². The van der Waals surface area contributed by atoms with E-state index < -0.39 is 15.8 Å². The fourth-order valence-electron chi connectivity index (χ4n) is 4.90. The molecule has 1 heterocycles. The Balaban J connectivity index is 1.43. The number of aromatic amines is 1. The highest BCUT2D eigenvalue weighted by Gasteiger charge is 2.34. The molecule has 0 spiro atoms. The minimum absolute atomic E-state index is 0.0104. The largest absolute Gasteiger partial charge is 0.311 e. The highest BCUT2D eigenvalue weighted by Crippen LogP contribution is 2.45. The Bertz CT molecular complexity index is 1190. The molecular weight excluding hydrogens is 450 g/mol. The van der Waals surface area contributed by atoms with Crippen LogP contribution in [-0.4, -0.2) is 36.1 Å². The third kappa shape index (κ3) is 5.49. The van der Waals surface area contributed by atoms with Crippen LogP contribution in [0.2, 0.25) is 0 Å². The highest BCUT2D eigenvalue weighted by atomic mass is 32.2. The zero-order valence-electron chi connectivity index (χ0n) is 19.2. The summed E-state index contributed by atoms with van der Waals surface area (Å²) in [7, 11) is -3.44. The van der Waals surface area contributed by atoms with E-state index in [2.05, 4.69) is 15.5 Å². The van der Waals surface area contributed by atoms with E-state index in [1.165, 1.54) is 0 Å². The molecule has 3 fully saturated rings. The summed E-state index contributed by atoms with van der Waals surface area (Å²) < 4.78 is 26.3. The second-order valence-electron chi connectivity index (χ2n) is 10.0. The monoisotopic (exact) mass is 481 g/mol. The van der Waals surface area contributed by atoms with Crippen molar-refractivity contribution in [2.75, 3.05) is 11.1 Å². The van der Waals surface area contributed by atoms with Gasteiger partial charge in [0.25, 0.3) is 0 Å². The Morgan fingerprint density at radius 3 is 2.65 bits per heavy atom. The van der Waals surface area contributed by atoms with Crippen molar-refractivity contribution in [3.8, 4) is 0 Å². The maximum absolute atomic E-state index is 13.3. The first kappa shape index (κ1) is 23.0. The minimum Gasteiger partial charge on any atom is -0.311 e. The van der Waals surface area contributed by atoms with Crippen molar-refractivity contribution in [2.45, 2.75) is 68.1 Å². The van der Waals surface area contributed by atoms with Crippen LogP contribution in [0.4, 0.5) is 5.82 Å². The smallest absolute Gasteiger partial charge is 0.233 e. The van der Waals surface area contributed by atoms with Gasteiger partial charge in [-0.15, -0.1) is 0 Å². The quantitative estimate of drug-likeness (QED) is 0.485. The molecule has 3 aliphatic carbocycles. The van der Waals surface area contributed by atoms with E-state index in [1.54, 1.807) is 30.5 Å². The van der Waals surface area contributed by atoms with Gasteiger partial charge in [0.2, 0.25) is 5.91 Å². The second kappa shape index (κ2) is 9.49. The Morgan fingerprint density at radius 1 is 1.18 bits per heavy atom. The number of nitrogens with zero attached hydrogens (tertiary/aromatic N) is 1. The zero-order chi connectivity index (χ0) is 23.7. The third-order valence-electron chi connectivity index (χ3n) is 7.13. The Hall–Kier alpha value is -2.74. The molecule has 0 radical (unpaired) electrons. The van der Waals surface area contributed by atoms with E-state index in [0.29, 0.717) is 35.9 Å². The number of hydrogen-bond acceptors (Lipinski definition) is 5. The molecule has 180 valence electrons. The third-order valence-corrected chi connectivity index (χ3v) is 8.80. The van der Waals surface area contributed by atoms with Crippen molar-refractivity contribution < 1.29 is 18.0 Å². The summed E-state index contributed by atoms with van der Waals surface area (Å²) >= 11 is 0. The van der Waals surface area contributed by atoms with Crippen molar-refractivity contribution >= 4 is 27.3 Å². The summed E-state index contributed by atoms with van der Waals surface area (Å²) in [5.41, 5.74) is 1.64. The predicted octanol–water partition coefficient (Wildman–Crippen LogP) is 4.51. The van der Waals surface area contributed by atoms with Gasteiger partial charge >= 0.3 is 0 Å². The van der Waals surface area contributed by atoms with E-state index in [-0.39, 0.29) is 29.3 Å². The molecule has 0 bridgehead atoms. The number of H-pyrrole nitrogens is 1.